The highest BCUT2D eigenvalue weighted by atomic mass is 16.3. The van der Waals surface area contributed by atoms with Crippen molar-refractivity contribution in [2.75, 3.05) is 0 Å². The van der Waals surface area contributed by atoms with Gasteiger partial charge >= 0.3 is 0 Å². The SMILES string of the molecule is CC(=O)C1=CC2(C)C(C)CCCC2C(O)C1=O. The molecule has 0 radical (unpaired) electrons. The lowest BCUT2D eigenvalue weighted by Crippen LogP contribution is -2.50. The maximum Gasteiger partial charge on any atom is 0.194 e. The normalized spacial score (nSPS) is 41.8. The van der Waals surface area contributed by atoms with E-state index in [0.717, 1.165) is 19.3 Å². The molecule has 17 heavy (non-hydrogen) atoms. The lowest BCUT2D eigenvalue weighted by molar-refractivity contribution is -0.135. The minimum absolute atomic E-state index is 0.0261. The predicted molar refractivity (Wildman–Crippen MR) is 64.4 cm³/mol. The first kappa shape index (κ1) is 12.5. The van der Waals surface area contributed by atoms with Crippen LogP contribution < -0.4 is 0 Å². The van der Waals surface area contributed by atoms with E-state index in [1.165, 1.54) is 6.92 Å². The number of fused-ring (bicyclic) bond motifs is 1. The zero-order chi connectivity index (χ0) is 12.8. The summed E-state index contributed by atoms with van der Waals surface area (Å²) in [6.45, 7) is 5.61. The number of rotatable bonds is 1. The molecule has 0 saturated heterocycles. The molecule has 0 bridgehead atoms. The summed E-state index contributed by atoms with van der Waals surface area (Å²) in [6, 6.07) is 0. The Morgan fingerprint density at radius 1 is 1.47 bits per heavy atom. The smallest absolute Gasteiger partial charge is 0.194 e. The van der Waals surface area contributed by atoms with Crippen molar-refractivity contribution < 1.29 is 14.7 Å². The van der Waals surface area contributed by atoms with Gasteiger partial charge in [0.25, 0.3) is 0 Å². The summed E-state index contributed by atoms with van der Waals surface area (Å²) in [6.07, 6.45) is 3.85. The van der Waals surface area contributed by atoms with Crippen molar-refractivity contribution in [3.8, 4) is 0 Å². The minimum atomic E-state index is -0.994. The molecule has 2 aliphatic carbocycles. The van der Waals surface area contributed by atoms with Crippen LogP contribution in [0.5, 0.6) is 0 Å². The van der Waals surface area contributed by atoms with Gasteiger partial charge in [0.05, 0.1) is 5.57 Å². The monoisotopic (exact) mass is 236 g/mol. The van der Waals surface area contributed by atoms with Crippen molar-refractivity contribution in [1.29, 1.82) is 0 Å². The van der Waals surface area contributed by atoms with E-state index >= 15 is 0 Å². The second kappa shape index (κ2) is 4.05. The van der Waals surface area contributed by atoms with Crippen LogP contribution >= 0.6 is 0 Å². The van der Waals surface area contributed by atoms with Gasteiger partial charge < -0.3 is 5.11 Å². The van der Waals surface area contributed by atoms with Gasteiger partial charge in [-0.1, -0.05) is 26.3 Å². The van der Waals surface area contributed by atoms with Crippen LogP contribution in [0.15, 0.2) is 11.6 Å². The molecule has 0 aromatic carbocycles. The molecule has 0 aliphatic heterocycles. The van der Waals surface area contributed by atoms with Crippen molar-refractivity contribution in [3.63, 3.8) is 0 Å². The zero-order valence-corrected chi connectivity index (χ0v) is 10.7. The molecule has 1 N–H and O–H groups in total. The standard InChI is InChI=1S/C14H20O3/c1-8-5-4-6-11-13(17)12(16)10(9(2)15)7-14(8,11)3/h7-8,11,13,17H,4-6H2,1-3H3. The first-order valence-electron chi connectivity index (χ1n) is 6.34. The molecule has 1 saturated carbocycles. The highest BCUT2D eigenvalue weighted by Crippen LogP contribution is 2.50. The molecule has 3 heteroatoms. The van der Waals surface area contributed by atoms with E-state index in [4.69, 9.17) is 0 Å². The van der Waals surface area contributed by atoms with Crippen LogP contribution in [0.4, 0.5) is 0 Å². The van der Waals surface area contributed by atoms with Gasteiger partial charge in [0.2, 0.25) is 0 Å². The van der Waals surface area contributed by atoms with Crippen molar-refractivity contribution >= 4 is 11.6 Å². The van der Waals surface area contributed by atoms with E-state index in [-0.39, 0.29) is 28.5 Å². The Balaban J connectivity index is 2.50. The van der Waals surface area contributed by atoms with Gasteiger partial charge in [0.1, 0.15) is 6.10 Å². The number of hydrogen-bond acceptors (Lipinski definition) is 3. The van der Waals surface area contributed by atoms with Crippen LogP contribution in [0, 0.1) is 17.3 Å². The number of carbonyl (C=O) groups is 2. The quantitative estimate of drug-likeness (QED) is 0.707. The topological polar surface area (TPSA) is 54.4 Å². The highest BCUT2D eigenvalue weighted by molar-refractivity contribution is 6.21. The predicted octanol–water partition coefficient (Wildman–Crippen LogP) is 1.89. The lowest BCUT2D eigenvalue weighted by Gasteiger charge is -2.48. The summed E-state index contributed by atoms with van der Waals surface area (Å²) in [7, 11) is 0. The van der Waals surface area contributed by atoms with Gasteiger partial charge in [-0.2, -0.15) is 0 Å². The first-order valence-corrected chi connectivity index (χ1v) is 6.34. The van der Waals surface area contributed by atoms with Gasteiger partial charge in [-0.15, -0.1) is 0 Å². The largest absolute Gasteiger partial charge is 0.385 e. The van der Waals surface area contributed by atoms with Crippen LogP contribution in [0.3, 0.4) is 0 Å². The van der Waals surface area contributed by atoms with E-state index < -0.39 is 6.10 Å². The maximum absolute atomic E-state index is 11.9. The van der Waals surface area contributed by atoms with Crippen LogP contribution in [-0.2, 0) is 9.59 Å². The first-order chi connectivity index (χ1) is 7.88. The molecule has 0 heterocycles. The Hall–Kier alpha value is -0.960. The van der Waals surface area contributed by atoms with Gasteiger partial charge in [0, 0.05) is 5.92 Å². The molecule has 94 valence electrons. The van der Waals surface area contributed by atoms with E-state index in [1.54, 1.807) is 0 Å². The van der Waals surface area contributed by atoms with Gasteiger partial charge in [-0.05, 0) is 31.1 Å². The van der Waals surface area contributed by atoms with E-state index in [9.17, 15) is 14.7 Å². The fourth-order valence-corrected chi connectivity index (χ4v) is 3.38. The number of aliphatic hydroxyl groups is 1. The Kier molecular flexibility index (Phi) is 2.98. The van der Waals surface area contributed by atoms with E-state index in [1.807, 2.05) is 6.08 Å². The summed E-state index contributed by atoms with van der Waals surface area (Å²) in [5.41, 5.74) is -0.0166. The fraction of sp³-hybridized carbons (Fsp3) is 0.714. The van der Waals surface area contributed by atoms with Crippen molar-refractivity contribution in [2.45, 2.75) is 46.1 Å². The highest BCUT2D eigenvalue weighted by Gasteiger charge is 2.50. The van der Waals surface area contributed by atoms with Gasteiger partial charge in [-0.25, -0.2) is 0 Å². The average molecular weight is 236 g/mol. The van der Waals surface area contributed by atoms with Crippen molar-refractivity contribution in [3.05, 3.63) is 11.6 Å². The van der Waals surface area contributed by atoms with Gasteiger partial charge in [0.15, 0.2) is 11.6 Å². The molecule has 1 fully saturated rings. The molecule has 4 atom stereocenters. The second-order valence-electron chi connectivity index (χ2n) is 5.73. The Bertz CT molecular complexity index is 396. The number of allylic oxidation sites excluding steroid dienone is 1. The average Bonchev–Trinajstić information content (AvgIpc) is 2.26. The zero-order valence-electron chi connectivity index (χ0n) is 10.7. The number of carbonyl (C=O) groups excluding carboxylic acids is 2. The number of hydrogen-bond donors (Lipinski definition) is 1. The van der Waals surface area contributed by atoms with Gasteiger partial charge in [-0.3, -0.25) is 9.59 Å². The second-order valence-corrected chi connectivity index (χ2v) is 5.73. The summed E-state index contributed by atoms with van der Waals surface area (Å²) < 4.78 is 0. The molecule has 2 rings (SSSR count). The molecule has 3 nitrogen and oxygen atoms in total. The number of aliphatic hydroxyl groups excluding tert-OH is 1. The molecule has 2 aliphatic rings. The molecule has 0 aromatic rings. The third-order valence-corrected chi connectivity index (χ3v) is 4.76. The lowest BCUT2D eigenvalue weighted by atomic mass is 9.56. The molecular formula is C14H20O3. The Morgan fingerprint density at radius 2 is 2.12 bits per heavy atom. The Morgan fingerprint density at radius 3 is 2.71 bits per heavy atom. The third kappa shape index (κ3) is 1.77. The molecular weight excluding hydrogens is 216 g/mol. The van der Waals surface area contributed by atoms with Crippen LogP contribution in [-0.4, -0.2) is 22.8 Å². The minimum Gasteiger partial charge on any atom is -0.385 e. The molecule has 4 unspecified atom stereocenters. The summed E-state index contributed by atoms with van der Waals surface area (Å²) in [5, 5.41) is 10.1. The van der Waals surface area contributed by atoms with E-state index in [0.29, 0.717) is 5.92 Å². The summed E-state index contributed by atoms with van der Waals surface area (Å²) >= 11 is 0. The Labute approximate surface area is 102 Å². The van der Waals surface area contributed by atoms with E-state index in [2.05, 4.69) is 13.8 Å². The fourth-order valence-electron chi connectivity index (χ4n) is 3.38. The number of Topliss-reactive ketones (excluding diaryl/α,β-unsaturated/α-hetero) is 2. The van der Waals surface area contributed by atoms with Crippen molar-refractivity contribution in [1.82, 2.24) is 0 Å². The maximum atomic E-state index is 11.9. The molecule has 0 amide bonds. The third-order valence-electron chi connectivity index (χ3n) is 4.76. The van der Waals surface area contributed by atoms with Crippen LogP contribution in [0.25, 0.3) is 0 Å². The molecule has 0 aromatic heterocycles. The molecule has 0 spiro atoms. The van der Waals surface area contributed by atoms with Crippen molar-refractivity contribution in [2.24, 2.45) is 17.3 Å². The number of ketones is 2. The summed E-state index contributed by atoms with van der Waals surface area (Å²) in [4.78, 5) is 23.4. The summed E-state index contributed by atoms with van der Waals surface area (Å²) in [5.74, 6) is -0.235. The van der Waals surface area contributed by atoms with Crippen LogP contribution in [0.2, 0.25) is 0 Å². The van der Waals surface area contributed by atoms with Crippen LogP contribution in [0.1, 0.15) is 40.0 Å².